The van der Waals surface area contributed by atoms with Crippen molar-refractivity contribution in [2.75, 3.05) is 0 Å². The summed E-state index contributed by atoms with van der Waals surface area (Å²) in [7, 11) is 0. The summed E-state index contributed by atoms with van der Waals surface area (Å²) in [5.74, 6) is 0.940. The second-order valence-electron chi connectivity index (χ2n) is 9.86. The van der Waals surface area contributed by atoms with Crippen molar-refractivity contribution in [1.29, 1.82) is 0 Å². The quantitative estimate of drug-likeness (QED) is 0.178. The highest BCUT2D eigenvalue weighted by Crippen LogP contribution is 2.17. The van der Waals surface area contributed by atoms with E-state index in [1.807, 2.05) is 0 Å². The smallest absolute Gasteiger partial charge is 0.119 e. The van der Waals surface area contributed by atoms with Crippen LogP contribution >= 0.6 is 0 Å². The van der Waals surface area contributed by atoms with Gasteiger partial charge in [0.15, 0.2) is 0 Å². The number of unbranched alkanes of at least 4 members (excludes halogenated alkanes) is 13. The summed E-state index contributed by atoms with van der Waals surface area (Å²) < 4.78 is 6.00. The van der Waals surface area contributed by atoms with E-state index >= 15 is 0 Å². The third kappa shape index (κ3) is 13.6. The minimum Gasteiger partial charge on any atom is -0.489 e. The largest absolute Gasteiger partial charge is 0.489 e. The first-order valence-electron chi connectivity index (χ1n) is 14.3. The predicted molar refractivity (Wildman–Crippen MR) is 151 cm³/mol. The summed E-state index contributed by atoms with van der Waals surface area (Å²) in [4.78, 5) is 0. The molecule has 0 heterocycles. The highest BCUT2D eigenvalue weighted by molar-refractivity contribution is 5.50. The zero-order valence-corrected chi connectivity index (χ0v) is 22.2. The second kappa shape index (κ2) is 19.3. The van der Waals surface area contributed by atoms with Crippen molar-refractivity contribution in [1.82, 2.24) is 0 Å². The Bertz CT molecular complexity index is 741. The Morgan fingerprint density at radius 3 is 1.71 bits per heavy atom. The van der Waals surface area contributed by atoms with Gasteiger partial charge < -0.3 is 4.74 Å². The number of aryl methyl sites for hydroxylation is 1. The average molecular weight is 463 g/mol. The first kappa shape index (κ1) is 28.2. The van der Waals surface area contributed by atoms with Gasteiger partial charge in [-0.25, -0.2) is 0 Å². The maximum atomic E-state index is 6.00. The molecule has 0 saturated carbocycles. The van der Waals surface area contributed by atoms with Crippen LogP contribution in [0.3, 0.4) is 0 Å². The van der Waals surface area contributed by atoms with E-state index in [4.69, 9.17) is 4.74 Å². The Kier molecular flexibility index (Phi) is 16.0. The predicted octanol–water partition coefficient (Wildman–Crippen LogP) is 10.7. The molecule has 188 valence electrons. The molecule has 1 heteroatoms. The maximum Gasteiger partial charge on any atom is 0.119 e. The van der Waals surface area contributed by atoms with E-state index in [-0.39, 0.29) is 0 Å². The van der Waals surface area contributed by atoms with Crippen molar-refractivity contribution < 1.29 is 4.74 Å². The minimum atomic E-state index is 0.630. The van der Waals surface area contributed by atoms with Crippen LogP contribution in [-0.2, 0) is 13.0 Å². The summed E-state index contributed by atoms with van der Waals surface area (Å²) in [6.45, 7) is 5.18. The van der Waals surface area contributed by atoms with Crippen molar-refractivity contribution in [3.05, 3.63) is 71.3 Å². The highest BCUT2D eigenvalue weighted by Gasteiger charge is 1.99. The molecule has 2 aromatic carbocycles. The number of ether oxygens (including phenoxy) is 1. The molecule has 0 N–H and O–H groups in total. The Morgan fingerprint density at radius 2 is 1.09 bits per heavy atom. The van der Waals surface area contributed by atoms with E-state index in [1.54, 1.807) is 0 Å². The van der Waals surface area contributed by atoms with Crippen LogP contribution in [0.15, 0.2) is 54.6 Å². The van der Waals surface area contributed by atoms with Crippen molar-refractivity contribution >= 4 is 6.08 Å². The molecule has 0 spiro atoms. The van der Waals surface area contributed by atoms with Gasteiger partial charge >= 0.3 is 0 Å². The summed E-state index contributed by atoms with van der Waals surface area (Å²) in [6, 6.07) is 17.5. The topological polar surface area (TPSA) is 9.23 Å². The van der Waals surface area contributed by atoms with E-state index in [2.05, 4.69) is 74.5 Å². The summed E-state index contributed by atoms with van der Waals surface area (Å²) >= 11 is 0. The standard InChI is InChI=1S/C33H50O/c1-3-5-7-9-11-12-14-16-17-19-30-21-23-32(24-22-30)29-34-33-27-25-31(26-28-33)20-18-15-13-10-8-6-4-2/h18,20-28H,3-17,19,29H2,1-2H3. The fourth-order valence-electron chi connectivity index (χ4n) is 4.37. The van der Waals surface area contributed by atoms with Crippen LogP contribution in [0.2, 0.25) is 0 Å². The Balaban J connectivity index is 1.57. The lowest BCUT2D eigenvalue weighted by Gasteiger charge is -2.08. The lowest BCUT2D eigenvalue weighted by molar-refractivity contribution is 0.306. The van der Waals surface area contributed by atoms with Crippen molar-refractivity contribution in [3.63, 3.8) is 0 Å². The normalized spacial score (nSPS) is 11.4. The number of rotatable bonds is 20. The van der Waals surface area contributed by atoms with E-state index in [0.717, 1.165) is 5.75 Å². The van der Waals surface area contributed by atoms with E-state index < -0.39 is 0 Å². The number of allylic oxidation sites excluding steroid dienone is 1. The monoisotopic (exact) mass is 462 g/mol. The molecule has 0 aliphatic heterocycles. The van der Waals surface area contributed by atoms with E-state index in [9.17, 15) is 0 Å². The summed E-state index contributed by atoms with van der Waals surface area (Å²) in [5, 5.41) is 0. The molecule has 0 bridgehead atoms. The van der Waals surface area contributed by atoms with E-state index in [1.165, 1.54) is 119 Å². The van der Waals surface area contributed by atoms with Crippen LogP contribution < -0.4 is 4.74 Å². The van der Waals surface area contributed by atoms with Gasteiger partial charge in [-0.1, -0.05) is 139 Å². The fraction of sp³-hybridized carbons (Fsp3) is 0.576. The fourth-order valence-corrected chi connectivity index (χ4v) is 4.37. The van der Waals surface area contributed by atoms with Crippen LogP contribution in [0, 0.1) is 0 Å². The van der Waals surface area contributed by atoms with Crippen molar-refractivity contribution in [2.24, 2.45) is 0 Å². The molecule has 2 rings (SSSR count). The first-order valence-corrected chi connectivity index (χ1v) is 14.3. The SMILES string of the molecule is CCCCCCCC=Cc1ccc(OCc2ccc(CCCCCCCCCCC)cc2)cc1. The molecular formula is C33H50O. The highest BCUT2D eigenvalue weighted by atomic mass is 16.5. The minimum absolute atomic E-state index is 0.630. The van der Waals surface area contributed by atoms with Gasteiger partial charge in [-0.2, -0.15) is 0 Å². The molecule has 0 aliphatic carbocycles. The molecule has 0 fully saturated rings. The Hall–Kier alpha value is -2.02. The maximum absolute atomic E-state index is 6.00. The van der Waals surface area contributed by atoms with Gasteiger partial charge in [0.25, 0.3) is 0 Å². The molecular weight excluding hydrogens is 412 g/mol. The molecule has 0 amide bonds. The molecule has 0 atom stereocenters. The lowest BCUT2D eigenvalue weighted by atomic mass is 10.0. The average Bonchev–Trinajstić information content (AvgIpc) is 2.87. The van der Waals surface area contributed by atoms with Gasteiger partial charge in [-0.05, 0) is 54.5 Å². The number of hydrogen-bond acceptors (Lipinski definition) is 1. The van der Waals surface area contributed by atoms with Gasteiger partial charge in [0.05, 0.1) is 0 Å². The van der Waals surface area contributed by atoms with Crippen molar-refractivity contribution in [3.8, 4) is 5.75 Å². The van der Waals surface area contributed by atoms with Crippen LogP contribution in [0.25, 0.3) is 6.08 Å². The van der Waals surface area contributed by atoms with Crippen molar-refractivity contribution in [2.45, 2.75) is 123 Å². The van der Waals surface area contributed by atoms with Gasteiger partial charge in [0.2, 0.25) is 0 Å². The molecule has 0 aliphatic rings. The lowest BCUT2D eigenvalue weighted by Crippen LogP contribution is -1.96. The second-order valence-corrected chi connectivity index (χ2v) is 9.86. The molecule has 0 aromatic heterocycles. The first-order chi connectivity index (χ1) is 16.8. The summed E-state index contributed by atoms with van der Waals surface area (Å²) in [6.07, 6.45) is 26.1. The van der Waals surface area contributed by atoms with E-state index in [0.29, 0.717) is 6.61 Å². The van der Waals surface area contributed by atoms with Gasteiger partial charge in [-0.15, -0.1) is 0 Å². The molecule has 0 unspecified atom stereocenters. The van der Waals surface area contributed by atoms with Gasteiger partial charge in [0.1, 0.15) is 12.4 Å². The zero-order chi connectivity index (χ0) is 24.1. The van der Waals surface area contributed by atoms with Crippen LogP contribution in [-0.4, -0.2) is 0 Å². The Morgan fingerprint density at radius 1 is 0.559 bits per heavy atom. The number of hydrogen-bond donors (Lipinski definition) is 0. The molecule has 1 nitrogen and oxygen atoms in total. The van der Waals surface area contributed by atoms with Crippen LogP contribution in [0.5, 0.6) is 5.75 Å². The third-order valence-electron chi connectivity index (χ3n) is 6.66. The molecule has 34 heavy (non-hydrogen) atoms. The van der Waals surface area contributed by atoms with Crippen LogP contribution in [0.1, 0.15) is 127 Å². The Labute approximate surface area is 211 Å². The summed E-state index contributed by atoms with van der Waals surface area (Å²) in [5.41, 5.74) is 3.94. The van der Waals surface area contributed by atoms with Gasteiger partial charge in [-0.3, -0.25) is 0 Å². The molecule has 0 radical (unpaired) electrons. The number of benzene rings is 2. The molecule has 2 aromatic rings. The zero-order valence-electron chi connectivity index (χ0n) is 22.2. The van der Waals surface area contributed by atoms with Crippen LogP contribution in [0.4, 0.5) is 0 Å². The van der Waals surface area contributed by atoms with Gasteiger partial charge in [0, 0.05) is 0 Å². The third-order valence-corrected chi connectivity index (χ3v) is 6.66. The molecule has 0 saturated heterocycles.